The summed E-state index contributed by atoms with van der Waals surface area (Å²) in [4.78, 5) is 36.8. The Hall–Kier alpha value is -2.02. The Morgan fingerprint density at radius 1 is 1.24 bits per heavy atom. The van der Waals surface area contributed by atoms with E-state index >= 15 is 0 Å². The van der Waals surface area contributed by atoms with Crippen LogP contribution in [0.3, 0.4) is 0 Å². The molecule has 0 unspecified atom stereocenters. The Labute approximate surface area is 127 Å². The van der Waals surface area contributed by atoms with Gasteiger partial charge in [0, 0.05) is 19.0 Å². The number of nitrogens with one attached hydrogen (secondary N) is 1. The molecule has 0 aromatic heterocycles. The zero-order valence-corrected chi connectivity index (χ0v) is 13.0. The van der Waals surface area contributed by atoms with E-state index in [1.807, 2.05) is 6.26 Å². The fraction of sp³-hybridized carbons (Fsp3) is 0.357. The molecule has 7 heteroatoms. The highest BCUT2D eigenvalue weighted by molar-refractivity contribution is 7.98. The lowest BCUT2D eigenvalue weighted by Gasteiger charge is -2.15. The van der Waals surface area contributed by atoms with Gasteiger partial charge in [0.05, 0.1) is 12.1 Å². The van der Waals surface area contributed by atoms with Gasteiger partial charge in [0.1, 0.15) is 0 Å². The molecule has 0 saturated carbocycles. The zero-order valence-electron chi connectivity index (χ0n) is 12.2. The molecule has 2 amide bonds. The SMILES string of the molecule is CNC(=O)CN(C)C(=O)COC(=O)c1ccc(SC)cc1. The molecule has 0 fully saturated rings. The summed E-state index contributed by atoms with van der Waals surface area (Å²) in [7, 11) is 2.96. The molecule has 1 aromatic carbocycles. The van der Waals surface area contributed by atoms with Gasteiger partial charge in [-0.25, -0.2) is 4.79 Å². The smallest absolute Gasteiger partial charge is 0.338 e. The fourth-order valence-corrected chi connectivity index (χ4v) is 1.84. The molecule has 6 nitrogen and oxygen atoms in total. The van der Waals surface area contributed by atoms with Crippen LogP contribution in [0.5, 0.6) is 0 Å². The number of amides is 2. The van der Waals surface area contributed by atoms with Crippen molar-refractivity contribution in [3.63, 3.8) is 0 Å². The van der Waals surface area contributed by atoms with Crippen molar-refractivity contribution in [1.82, 2.24) is 10.2 Å². The lowest BCUT2D eigenvalue weighted by Crippen LogP contribution is -2.39. The maximum atomic E-state index is 11.8. The van der Waals surface area contributed by atoms with Crippen LogP contribution in [-0.2, 0) is 14.3 Å². The van der Waals surface area contributed by atoms with E-state index in [0.29, 0.717) is 5.56 Å². The van der Waals surface area contributed by atoms with E-state index in [0.717, 1.165) is 4.90 Å². The molecule has 0 heterocycles. The van der Waals surface area contributed by atoms with Crippen molar-refractivity contribution >= 4 is 29.5 Å². The van der Waals surface area contributed by atoms with Crippen LogP contribution in [0.15, 0.2) is 29.2 Å². The third-order valence-electron chi connectivity index (χ3n) is 2.74. The summed E-state index contributed by atoms with van der Waals surface area (Å²) in [5, 5.41) is 2.41. The van der Waals surface area contributed by atoms with Gasteiger partial charge < -0.3 is 15.0 Å². The summed E-state index contributed by atoms with van der Waals surface area (Å²) in [5.41, 5.74) is 0.384. The average molecular weight is 310 g/mol. The minimum Gasteiger partial charge on any atom is -0.452 e. The predicted octanol–water partition coefficient (Wildman–Crippen LogP) is 0.770. The van der Waals surface area contributed by atoms with Gasteiger partial charge in [-0.3, -0.25) is 9.59 Å². The Bertz CT molecular complexity index is 516. The van der Waals surface area contributed by atoms with Gasteiger partial charge in [-0.1, -0.05) is 0 Å². The van der Waals surface area contributed by atoms with Gasteiger partial charge in [-0.2, -0.15) is 0 Å². The van der Waals surface area contributed by atoms with Crippen molar-refractivity contribution in [2.45, 2.75) is 4.90 Å². The van der Waals surface area contributed by atoms with E-state index in [4.69, 9.17) is 4.74 Å². The number of hydrogen-bond acceptors (Lipinski definition) is 5. The quantitative estimate of drug-likeness (QED) is 0.620. The number of carbonyl (C=O) groups is 3. The van der Waals surface area contributed by atoms with Gasteiger partial charge in [0.2, 0.25) is 5.91 Å². The summed E-state index contributed by atoms with van der Waals surface area (Å²) in [6, 6.07) is 6.90. The third kappa shape index (κ3) is 5.47. The number of ether oxygens (including phenoxy) is 1. The van der Waals surface area contributed by atoms with E-state index in [2.05, 4.69) is 5.32 Å². The zero-order chi connectivity index (χ0) is 15.8. The monoisotopic (exact) mass is 310 g/mol. The van der Waals surface area contributed by atoms with Crippen LogP contribution < -0.4 is 5.32 Å². The van der Waals surface area contributed by atoms with Gasteiger partial charge in [-0.15, -0.1) is 11.8 Å². The number of carbonyl (C=O) groups excluding carboxylic acids is 3. The van der Waals surface area contributed by atoms with Crippen molar-refractivity contribution in [2.24, 2.45) is 0 Å². The van der Waals surface area contributed by atoms with Crippen molar-refractivity contribution in [3.05, 3.63) is 29.8 Å². The Balaban J connectivity index is 2.48. The second-order valence-electron chi connectivity index (χ2n) is 4.23. The maximum absolute atomic E-state index is 11.8. The van der Waals surface area contributed by atoms with Gasteiger partial charge in [0.15, 0.2) is 6.61 Å². The molecule has 0 aliphatic rings. The molecule has 114 valence electrons. The Morgan fingerprint density at radius 2 is 1.86 bits per heavy atom. The first-order valence-electron chi connectivity index (χ1n) is 6.23. The summed E-state index contributed by atoms with van der Waals surface area (Å²) in [6.45, 7) is -0.466. The van der Waals surface area contributed by atoms with Gasteiger partial charge in [0.25, 0.3) is 5.91 Å². The largest absolute Gasteiger partial charge is 0.452 e. The summed E-state index contributed by atoms with van der Waals surface area (Å²) < 4.78 is 4.93. The van der Waals surface area contributed by atoms with Gasteiger partial charge >= 0.3 is 5.97 Å². The molecule has 0 spiro atoms. The van der Waals surface area contributed by atoms with Crippen LogP contribution in [0.1, 0.15) is 10.4 Å². The number of thioether (sulfide) groups is 1. The fourth-order valence-electron chi connectivity index (χ4n) is 1.43. The third-order valence-corrected chi connectivity index (χ3v) is 3.48. The summed E-state index contributed by atoms with van der Waals surface area (Å²) >= 11 is 1.57. The van der Waals surface area contributed by atoms with Crippen molar-refractivity contribution in [3.8, 4) is 0 Å². The topological polar surface area (TPSA) is 75.7 Å². The first-order chi connectivity index (χ1) is 9.97. The average Bonchev–Trinajstić information content (AvgIpc) is 2.51. The van der Waals surface area contributed by atoms with E-state index in [9.17, 15) is 14.4 Å². The molecular formula is C14H18N2O4S. The molecular weight excluding hydrogens is 292 g/mol. The van der Waals surface area contributed by atoms with E-state index in [1.54, 1.807) is 36.0 Å². The minimum atomic E-state index is -0.565. The molecule has 21 heavy (non-hydrogen) atoms. The molecule has 1 aromatic rings. The van der Waals surface area contributed by atoms with Crippen molar-refractivity contribution in [1.29, 1.82) is 0 Å². The van der Waals surface area contributed by atoms with Crippen molar-refractivity contribution in [2.75, 3.05) is 33.5 Å². The highest BCUT2D eigenvalue weighted by Crippen LogP contribution is 2.15. The molecule has 0 atom stereocenters. The normalized spacial score (nSPS) is 9.86. The molecule has 1 N–H and O–H groups in total. The van der Waals surface area contributed by atoms with Crippen LogP contribution in [0, 0.1) is 0 Å². The first kappa shape index (κ1) is 17.0. The molecule has 0 aliphatic heterocycles. The van der Waals surface area contributed by atoms with Crippen molar-refractivity contribution < 1.29 is 19.1 Å². The standard InChI is InChI=1S/C14H18N2O4S/c1-15-12(17)8-16(2)13(18)9-20-14(19)10-4-6-11(21-3)7-5-10/h4-7H,8-9H2,1-3H3,(H,15,17). The number of hydrogen-bond donors (Lipinski definition) is 1. The number of benzene rings is 1. The Kier molecular flexibility index (Phi) is 6.74. The lowest BCUT2D eigenvalue weighted by atomic mass is 10.2. The second kappa shape index (κ2) is 8.31. The van der Waals surface area contributed by atoms with Crippen LogP contribution in [0.2, 0.25) is 0 Å². The van der Waals surface area contributed by atoms with Crippen LogP contribution >= 0.6 is 11.8 Å². The number of nitrogens with zero attached hydrogens (tertiary/aromatic N) is 1. The molecule has 0 radical (unpaired) electrons. The van der Waals surface area contributed by atoms with Gasteiger partial charge in [-0.05, 0) is 30.5 Å². The molecule has 1 rings (SSSR count). The maximum Gasteiger partial charge on any atom is 0.338 e. The number of likely N-dealkylation sites (N-methyl/N-ethyl adjacent to an activating group) is 2. The Morgan fingerprint density at radius 3 is 2.38 bits per heavy atom. The highest BCUT2D eigenvalue weighted by atomic mass is 32.2. The molecule has 0 saturated heterocycles. The van der Waals surface area contributed by atoms with Crippen LogP contribution in [-0.4, -0.2) is 56.2 Å². The highest BCUT2D eigenvalue weighted by Gasteiger charge is 2.15. The minimum absolute atomic E-state index is 0.0741. The lowest BCUT2D eigenvalue weighted by molar-refractivity contribution is -0.137. The second-order valence-corrected chi connectivity index (χ2v) is 5.11. The molecule has 0 aliphatic carbocycles. The number of rotatable bonds is 6. The summed E-state index contributed by atoms with van der Waals surface area (Å²) in [5.74, 6) is -1.29. The molecule has 0 bridgehead atoms. The van der Waals surface area contributed by atoms with Crippen LogP contribution in [0.4, 0.5) is 0 Å². The summed E-state index contributed by atoms with van der Waals surface area (Å²) in [6.07, 6.45) is 1.94. The predicted molar refractivity (Wildman–Crippen MR) is 80.2 cm³/mol. The first-order valence-corrected chi connectivity index (χ1v) is 7.46. The number of esters is 1. The van der Waals surface area contributed by atoms with E-state index in [1.165, 1.54) is 19.0 Å². The van der Waals surface area contributed by atoms with E-state index < -0.39 is 18.5 Å². The van der Waals surface area contributed by atoms with E-state index in [-0.39, 0.29) is 12.5 Å². The van der Waals surface area contributed by atoms with Crippen LogP contribution in [0.25, 0.3) is 0 Å².